The normalized spacial score (nSPS) is 12.6. The van der Waals surface area contributed by atoms with Gasteiger partial charge in [-0.15, -0.1) is 10.2 Å². The SMILES string of the molecule is ClC(=NN=C(Cl)c1ccc(Br)cc1)c1ccccc1. The third-order valence-corrected chi connectivity index (χ3v) is 3.44. The molecular formula is C14H9BrCl2N2. The van der Waals surface area contributed by atoms with Gasteiger partial charge in [-0.1, -0.05) is 81.6 Å². The fourth-order valence-electron chi connectivity index (χ4n) is 1.37. The molecule has 0 aliphatic heterocycles. The van der Waals surface area contributed by atoms with Crippen molar-refractivity contribution < 1.29 is 0 Å². The molecule has 19 heavy (non-hydrogen) atoms. The van der Waals surface area contributed by atoms with Crippen LogP contribution in [-0.2, 0) is 0 Å². The van der Waals surface area contributed by atoms with Crippen LogP contribution in [0, 0.1) is 0 Å². The molecule has 2 rings (SSSR count). The van der Waals surface area contributed by atoms with Crippen LogP contribution in [-0.4, -0.2) is 10.3 Å². The van der Waals surface area contributed by atoms with Gasteiger partial charge in [0.1, 0.15) is 0 Å². The molecule has 0 bridgehead atoms. The van der Waals surface area contributed by atoms with E-state index in [0.717, 1.165) is 15.6 Å². The minimum Gasteiger partial charge on any atom is -0.136 e. The molecule has 96 valence electrons. The maximum absolute atomic E-state index is 6.06. The van der Waals surface area contributed by atoms with Gasteiger partial charge in [-0.2, -0.15) is 0 Å². The number of rotatable bonds is 3. The Bertz CT molecular complexity index is 607. The van der Waals surface area contributed by atoms with E-state index in [1.807, 2.05) is 54.6 Å². The second kappa shape index (κ2) is 6.85. The molecule has 0 heterocycles. The molecular weight excluding hydrogens is 347 g/mol. The summed E-state index contributed by atoms with van der Waals surface area (Å²) in [6.45, 7) is 0. The van der Waals surface area contributed by atoms with Gasteiger partial charge in [-0.25, -0.2) is 0 Å². The van der Waals surface area contributed by atoms with Crippen LogP contribution in [0.5, 0.6) is 0 Å². The summed E-state index contributed by atoms with van der Waals surface area (Å²) in [5.74, 6) is 0. The van der Waals surface area contributed by atoms with Gasteiger partial charge in [0.2, 0.25) is 0 Å². The number of hydrogen-bond acceptors (Lipinski definition) is 2. The van der Waals surface area contributed by atoms with Crippen molar-refractivity contribution in [2.45, 2.75) is 0 Å². The molecule has 0 aliphatic rings. The van der Waals surface area contributed by atoms with Gasteiger partial charge in [0.05, 0.1) is 0 Å². The lowest BCUT2D eigenvalue weighted by atomic mass is 10.2. The topological polar surface area (TPSA) is 24.7 Å². The second-order valence-corrected chi connectivity index (χ2v) is 5.29. The zero-order valence-electron chi connectivity index (χ0n) is 9.72. The molecule has 2 aromatic carbocycles. The Labute approximate surface area is 129 Å². The Kier molecular flexibility index (Phi) is 5.14. The minimum absolute atomic E-state index is 0.293. The minimum atomic E-state index is 0.293. The van der Waals surface area contributed by atoms with Gasteiger partial charge in [0.15, 0.2) is 10.3 Å². The quantitative estimate of drug-likeness (QED) is 0.544. The fraction of sp³-hybridized carbons (Fsp3) is 0. The molecule has 0 unspecified atom stereocenters. The highest BCUT2D eigenvalue weighted by atomic mass is 79.9. The lowest BCUT2D eigenvalue weighted by molar-refractivity contribution is 1.25. The van der Waals surface area contributed by atoms with E-state index in [4.69, 9.17) is 23.2 Å². The van der Waals surface area contributed by atoms with E-state index < -0.39 is 0 Å². The summed E-state index contributed by atoms with van der Waals surface area (Å²) in [4.78, 5) is 0. The zero-order valence-corrected chi connectivity index (χ0v) is 12.8. The zero-order chi connectivity index (χ0) is 13.7. The number of nitrogens with zero attached hydrogens (tertiary/aromatic N) is 2. The van der Waals surface area contributed by atoms with Crippen LogP contribution in [0.2, 0.25) is 0 Å². The molecule has 0 amide bonds. The van der Waals surface area contributed by atoms with Crippen LogP contribution in [0.25, 0.3) is 0 Å². The van der Waals surface area contributed by atoms with Crippen LogP contribution in [0.3, 0.4) is 0 Å². The highest BCUT2D eigenvalue weighted by Gasteiger charge is 2.01. The van der Waals surface area contributed by atoms with E-state index in [1.165, 1.54) is 0 Å². The summed E-state index contributed by atoms with van der Waals surface area (Å²) < 4.78 is 0.978. The van der Waals surface area contributed by atoms with Gasteiger partial charge in [0, 0.05) is 15.6 Å². The Hall–Kier alpha value is -1.16. The first kappa shape index (κ1) is 14.3. The van der Waals surface area contributed by atoms with E-state index in [2.05, 4.69) is 26.1 Å². The van der Waals surface area contributed by atoms with E-state index in [-0.39, 0.29) is 0 Å². The molecule has 0 saturated heterocycles. The molecule has 2 aromatic rings. The van der Waals surface area contributed by atoms with Gasteiger partial charge >= 0.3 is 0 Å². The first-order chi connectivity index (χ1) is 9.16. The molecule has 0 saturated carbocycles. The van der Waals surface area contributed by atoms with Gasteiger partial charge in [0.25, 0.3) is 0 Å². The van der Waals surface area contributed by atoms with Crippen molar-refractivity contribution in [3.63, 3.8) is 0 Å². The predicted molar refractivity (Wildman–Crippen MR) is 85.4 cm³/mol. The Morgan fingerprint density at radius 1 is 0.737 bits per heavy atom. The van der Waals surface area contributed by atoms with Crippen LogP contribution in [0.1, 0.15) is 11.1 Å². The average Bonchev–Trinajstić information content (AvgIpc) is 2.46. The third-order valence-electron chi connectivity index (χ3n) is 2.32. The second-order valence-electron chi connectivity index (χ2n) is 3.65. The molecule has 0 aromatic heterocycles. The molecule has 0 aliphatic carbocycles. The van der Waals surface area contributed by atoms with E-state index in [9.17, 15) is 0 Å². The van der Waals surface area contributed by atoms with Crippen molar-refractivity contribution in [1.82, 2.24) is 0 Å². The monoisotopic (exact) mass is 354 g/mol. The van der Waals surface area contributed by atoms with Crippen LogP contribution in [0.15, 0.2) is 69.3 Å². The average molecular weight is 356 g/mol. The highest BCUT2D eigenvalue weighted by molar-refractivity contribution is 9.10. The Balaban J connectivity index is 2.20. The molecule has 0 spiro atoms. The molecule has 0 N–H and O–H groups in total. The molecule has 0 atom stereocenters. The van der Waals surface area contributed by atoms with Crippen molar-refractivity contribution in [3.8, 4) is 0 Å². The first-order valence-corrected chi connectivity index (χ1v) is 7.00. The first-order valence-electron chi connectivity index (χ1n) is 5.45. The smallest absolute Gasteiger partial charge is 0.136 e. The van der Waals surface area contributed by atoms with Crippen LogP contribution < -0.4 is 0 Å². The van der Waals surface area contributed by atoms with E-state index in [0.29, 0.717) is 10.3 Å². The molecule has 5 heteroatoms. The summed E-state index contributed by atoms with van der Waals surface area (Å²) >= 11 is 15.5. The standard InChI is InChI=1S/C14H9BrCl2N2/c15-12-8-6-11(7-9-12)14(17)19-18-13(16)10-4-2-1-3-5-10/h1-9H. The molecule has 2 nitrogen and oxygen atoms in total. The van der Waals surface area contributed by atoms with Crippen molar-refractivity contribution >= 4 is 49.5 Å². The number of halogens is 3. The maximum atomic E-state index is 6.06. The van der Waals surface area contributed by atoms with Gasteiger partial charge in [-0.3, -0.25) is 0 Å². The number of benzene rings is 2. The summed E-state index contributed by atoms with van der Waals surface area (Å²) in [6.07, 6.45) is 0. The van der Waals surface area contributed by atoms with Gasteiger partial charge in [-0.05, 0) is 12.1 Å². The van der Waals surface area contributed by atoms with Crippen molar-refractivity contribution in [2.75, 3.05) is 0 Å². The van der Waals surface area contributed by atoms with E-state index >= 15 is 0 Å². The fourth-order valence-corrected chi connectivity index (χ4v) is 1.96. The van der Waals surface area contributed by atoms with E-state index in [1.54, 1.807) is 0 Å². The van der Waals surface area contributed by atoms with Crippen LogP contribution >= 0.6 is 39.1 Å². The Morgan fingerprint density at radius 2 is 1.21 bits per heavy atom. The summed E-state index contributed by atoms with van der Waals surface area (Å²) in [5, 5.41) is 8.44. The third kappa shape index (κ3) is 4.16. The number of hydrogen-bond donors (Lipinski definition) is 0. The Morgan fingerprint density at radius 3 is 1.74 bits per heavy atom. The van der Waals surface area contributed by atoms with Gasteiger partial charge < -0.3 is 0 Å². The molecule has 0 fully saturated rings. The highest BCUT2D eigenvalue weighted by Crippen LogP contribution is 2.13. The van der Waals surface area contributed by atoms with Crippen LogP contribution in [0.4, 0.5) is 0 Å². The molecule has 0 radical (unpaired) electrons. The maximum Gasteiger partial charge on any atom is 0.158 e. The summed E-state index contributed by atoms with van der Waals surface area (Å²) in [5.41, 5.74) is 1.58. The van der Waals surface area contributed by atoms with Crippen molar-refractivity contribution in [3.05, 3.63) is 70.2 Å². The summed E-state index contributed by atoms with van der Waals surface area (Å²) in [6, 6.07) is 16.9. The lowest BCUT2D eigenvalue weighted by Crippen LogP contribution is -1.92. The lowest BCUT2D eigenvalue weighted by Gasteiger charge is -1.98. The predicted octanol–water partition coefficient (Wildman–Crippen LogP) is 5.04. The van der Waals surface area contributed by atoms with Crippen molar-refractivity contribution in [1.29, 1.82) is 0 Å². The largest absolute Gasteiger partial charge is 0.158 e. The summed E-state index contributed by atoms with van der Waals surface area (Å²) in [7, 11) is 0. The van der Waals surface area contributed by atoms with Crippen molar-refractivity contribution in [2.24, 2.45) is 10.2 Å².